The number of anilines is 1. The van der Waals surface area contributed by atoms with Gasteiger partial charge in [0.1, 0.15) is 5.69 Å². The van der Waals surface area contributed by atoms with E-state index in [1.54, 1.807) is 13.0 Å². The normalized spacial score (nSPS) is 11.7. The number of amides is 1. The summed E-state index contributed by atoms with van der Waals surface area (Å²) in [6, 6.07) is 7.53. The fourth-order valence-corrected chi connectivity index (χ4v) is 2.39. The number of nitro groups is 1. The van der Waals surface area contributed by atoms with Crippen LogP contribution in [0.5, 0.6) is 5.75 Å². The van der Waals surface area contributed by atoms with Crippen molar-refractivity contribution in [3.8, 4) is 5.75 Å². The minimum Gasteiger partial charge on any atom is -0.473 e. The second kappa shape index (κ2) is 7.46. The zero-order valence-corrected chi connectivity index (χ0v) is 14.3. The topological polar surface area (TPSA) is 94.4 Å². The molecule has 0 aliphatic heterocycles. The van der Waals surface area contributed by atoms with Crippen LogP contribution in [0.25, 0.3) is 0 Å². The number of benzene rings is 1. The Hall–Kier alpha value is -2.38. The zero-order valence-electron chi connectivity index (χ0n) is 12.7. The lowest BCUT2D eigenvalue weighted by Gasteiger charge is -2.14. The lowest BCUT2D eigenvalue weighted by atomic mass is 10.3. The molecule has 1 unspecified atom stereocenters. The molecule has 1 heterocycles. The van der Waals surface area contributed by atoms with Gasteiger partial charge in [0, 0.05) is 22.7 Å². The number of halogens is 2. The maximum absolute atomic E-state index is 12.2. The van der Waals surface area contributed by atoms with Gasteiger partial charge in [-0.3, -0.25) is 4.79 Å². The first-order valence-electron chi connectivity index (χ1n) is 6.82. The summed E-state index contributed by atoms with van der Waals surface area (Å²) in [5.74, 6) is -1.04. The van der Waals surface area contributed by atoms with E-state index in [4.69, 9.17) is 27.9 Å². The van der Waals surface area contributed by atoms with E-state index in [1.165, 1.54) is 31.2 Å². The molecule has 1 amide bonds. The molecule has 1 N–H and O–H groups in total. The minimum absolute atomic E-state index is 0.0858. The zero-order chi connectivity index (χ0) is 17.9. The number of rotatable bonds is 5. The molecule has 0 saturated carbocycles. The summed E-state index contributed by atoms with van der Waals surface area (Å²) < 4.78 is 5.37. The van der Waals surface area contributed by atoms with Gasteiger partial charge in [-0.25, -0.2) is 0 Å². The van der Waals surface area contributed by atoms with E-state index in [1.807, 2.05) is 0 Å². The van der Waals surface area contributed by atoms with Gasteiger partial charge in [-0.15, -0.1) is 0 Å². The molecule has 1 aromatic heterocycles. The number of nitrogens with zero attached hydrogens (tertiary/aromatic N) is 2. The first kappa shape index (κ1) is 18.0. The van der Waals surface area contributed by atoms with E-state index in [-0.39, 0.29) is 5.75 Å². The van der Waals surface area contributed by atoms with Gasteiger partial charge in [0.05, 0.1) is 0 Å². The van der Waals surface area contributed by atoms with E-state index >= 15 is 0 Å². The number of hydrogen-bond acceptors (Lipinski definition) is 5. The van der Waals surface area contributed by atoms with Gasteiger partial charge >= 0.3 is 5.82 Å². The van der Waals surface area contributed by atoms with Gasteiger partial charge < -0.3 is 20.2 Å². The summed E-state index contributed by atoms with van der Waals surface area (Å²) in [5.41, 5.74) is 0.865. The van der Waals surface area contributed by atoms with Crippen LogP contribution < -0.4 is 10.1 Å². The van der Waals surface area contributed by atoms with Crippen LogP contribution in [0.15, 0.2) is 30.3 Å². The van der Waals surface area contributed by atoms with Crippen LogP contribution in [0.3, 0.4) is 0 Å². The van der Waals surface area contributed by atoms with Crippen molar-refractivity contribution in [1.82, 2.24) is 4.98 Å². The molecular weight excluding hydrogens is 357 g/mol. The second-order valence-corrected chi connectivity index (χ2v) is 5.81. The smallest absolute Gasteiger partial charge is 0.406 e. The molecule has 0 radical (unpaired) electrons. The number of aryl methyl sites for hydroxylation is 1. The van der Waals surface area contributed by atoms with Crippen molar-refractivity contribution >= 4 is 40.6 Å². The fraction of sp³-hybridized carbons (Fsp3) is 0.200. The largest absolute Gasteiger partial charge is 0.473 e. The van der Waals surface area contributed by atoms with Crippen molar-refractivity contribution in [1.29, 1.82) is 0 Å². The Labute approximate surface area is 147 Å². The standard InChI is InChI=1S/C15H13Cl2N3O4/c1-8-3-4-13(14(18-8)20(22)23)24-9(2)15(21)19-12-6-10(16)5-11(17)7-12/h3-7,9H,1-2H3,(H,19,21). The molecule has 1 atom stereocenters. The quantitative estimate of drug-likeness (QED) is 0.634. The van der Waals surface area contributed by atoms with E-state index in [0.29, 0.717) is 21.4 Å². The molecule has 126 valence electrons. The van der Waals surface area contributed by atoms with Gasteiger partial charge in [-0.2, -0.15) is 0 Å². The monoisotopic (exact) mass is 369 g/mol. The Morgan fingerprint density at radius 3 is 2.50 bits per heavy atom. The number of aromatic nitrogens is 1. The summed E-state index contributed by atoms with van der Waals surface area (Å²) in [7, 11) is 0. The third-order valence-corrected chi connectivity index (χ3v) is 3.39. The third-order valence-electron chi connectivity index (χ3n) is 2.95. The van der Waals surface area contributed by atoms with Crippen LogP contribution in [-0.4, -0.2) is 21.9 Å². The third kappa shape index (κ3) is 4.56. The molecule has 2 rings (SSSR count). The molecule has 0 fully saturated rings. The van der Waals surface area contributed by atoms with Gasteiger partial charge in [-0.05, 0) is 47.2 Å². The Bertz CT molecular complexity index is 778. The second-order valence-electron chi connectivity index (χ2n) is 4.94. The predicted molar refractivity (Wildman–Crippen MR) is 90.8 cm³/mol. The van der Waals surface area contributed by atoms with Gasteiger partial charge in [0.25, 0.3) is 5.91 Å². The summed E-state index contributed by atoms with van der Waals surface area (Å²) >= 11 is 11.7. The number of pyridine rings is 1. The molecule has 0 saturated heterocycles. The number of nitrogens with one attached hydrogen (secondary N) is 1. The first-order valence-corrected chi connectivity index (χ1v) is 7.57. The molecule has 9 heteroatoms. The van der Waals surface area contributed by atoms with Crippen LogP contribution in [-0.2, 0) is 4.79 Å². The van der Waals surface area contributed by atoms with Crippen molar-refractivity contribution in [3.05, 3.63) is 56.2 Å². The Morgan fingerprint density at radius 2 is 1.92 bits per heavy atom. The van der Waals surface area contributed by atoms with Crippen molar-refractivity contribution < 1.29 is 14.5 Å². The van der Waals surface area contributed by atoms with Crippen LogP contribution in [0.1, 0.15) is 12.6 Å². The van der Waals surface area contributed by atoms with Crippen molar-refractivity contribution in [2.75, 3.05) is 5.32 Å². The number of ether oxygens (including phenoxy) is 1. The molecule has 24 heavy (non-hydrogen) atoms. The van der Waals surface area contributed by atoms with Gasteiger partial charge in [-0.1, -0.05) is 23.2 Å². The molecule has 0 aliphatic carbocycles. The average molecular weight is 370 g/mol. The fourth-order valence-electron chi connectivity index (χ4n) is 1.87. The highest BCUT2D eigenvalue weighted by Gasteiger charge is 2.23. The summed E-state index contributed by atoms with van der Waals surface area (Å²) in [6.45, 7) is 3.08. The van der Waals surface area contributed by atoms with Crippen LogP contribution >= 0.6 is 23.2 Å². The van der Waals surface area contributed by atoms with E-state index in [0.717, 1.165) is 0 Å². The van der Waals surface area contributed by atoms with Crippen LogP contribution in [0.4, 0.5) is 11.5 Å². The predicted octanol–water partition coefficient (Wildman–Crippen LogP) is 4.01. The molecule has 0 spiro atoms. The summed E-state index contributed by atoms with van der Waals surface area (Å²) in [4.78, 5) is 26.3. The maximum Gasteiger partial charge on any atom is 0.406 e. The SMILES string of the molecule is Cc1ccc(OC(C)C(=O)Nc2cc(Cl)cc(Cl)c2)c([N+](=O)[O-])n1. The lowest BCUT2D eigenvalue weighted by Crippen LogP contribution is -2.30. The average Bonchev–Trinajstić information content (AvgIpc) is 2.47. The summed E-state index contributed by atoms with van der Waals surface area (Å²) in [5, 5.41) is 14.3. The van der Waals surface area contributed by atoms with Crippen LogP contribution in [0.2, 0.25) is 10.0 Å². The lowest BCUT2D eigenvalue weighted by molar-refractivity contribution is -0.390. The molecule has 1 aromatic carbocycles. The first-order chi connectivity index (χ1) is 11.3. The van der Waals surface area contributed by atoms with E-state index in [2.05, 4.69) is 10.3 Å². The highest BCUT2D eigenvalue weighted by Crippen LogP contribution is 2.26. The van der Waals surface area contributed by atoms with Gasteiger partial charge in [0.2, 0.25) is 5.75 Å². The number of carbonyl (C=O) groups is 1. The maximum atomic E-state index is 12.2. The Kier molecular flexibility index (Phi) is 5.58. The molecule has 2 aromatic rings. The van der Waals surface area contributed by atoms with Crippen molar-refractivity contribution in [2.24, 2.45) is 0 Å². The van der Waals surface area contributed by atoms with Gasteiger partial charge in [0.15, 0.2) is 6.10 Å². The highest BCUT2D eigenvalue weighted by atomic mass is 35.5. The Balaban J connectivity index is 2.13. The molecule has 7 nitrogen and oxygen atoms in total. The molecule has 0 aliphatic rings. The van der Waals surface area contributed by atoms with E-state index < -0.39 is 22.8 Å². The molecular formula is C15H13Cl2N3O4. The number of carbonyl (C=O) groups excluding carboxylic acids is 1. The van der Waals surface area contributed by atoms with E-state index in [9.17, 15) is 14.9 Å². The minimum atomic E-state index is -0.994. The summed E-state index contributed by atoms with van der Waals surface area (Å²) in [6.07, 6.45) is -0.994. The highest BCUT2D eigenvalue weighted by molar-refractivity contribution is 6.35. The Morgan fingerprint density at radius 1 is 1.29 bits per heavy atom. The van der Waals surface area contributed by atoms with Crippen molar-refractivity contribution in [3.63, 3.8) is 0 Å². The van der Waals surface area contributed by atoms with Crippen molar-refractivity contribution in [2.45, 2.75) is 20.0 Å². The molecule has 0 bridgehead atoms. The van der Waals surface area contributed by atoms with Crippen LogP contribution in [0, 0.1) is 17.0 Å². The number of hydrogen-bond donors (Lipinski definition) is 1.